The SMILES string of the molecule is Cc1noc(-c2ccc(Cc3cccc(C(=O)O)c3Cl)cc2)c1NC(=O)OC(C)c1ccccc1Cl. The molecule has 2 N–H and O–H groups in total. The molecule has 3 aromatic carbocycles. The number of carboxylic acids is 1. The largest absolute Gasteiger partial charge is 0.478 e. The van der Waals surface area contributed by atoms with Gasteiger partial charge in [0, 0.05) is 16.1 Å². The second kappa shape index (κ2) is 10.8. The topological polar surface area (TPSA) is 102 Å². The van der Waals surface area contributed by atoms with Crippen LogP contribution in [0.3, 0.4) is 0 Å². The maximum atomic E-state index is 12.6. The number of aromatic nitrogens is 1. The van der Waals surface area contributed by atoms with Crippen LogP contribution in [0.4, 0.5) is 10.5 Å². The fraction of sp³-hybridized carbons (Fsp3) is 0.148. The molecule has 1 aromatic heterocycles. The molecule has 1 atom stereocenters. The van der Waals surface area contributed by atoms with Gasteiger partial charge in [0.1, 0.15) is 17.5 Å². The first kappa shape index (κ1) is 25.3. The van der Waals surface area contributed by atoms with Crippen LogP contribution in [0.15, 0.2) is 71.3 Å². The van der Waals surface area contributed by atoms with Gasteiger partial charge in [0.25, 0.3) is 0 Å². The molecule has 0 saturated carbocycles. The molecule has 0 aliphatic carbocycles. The van der Waals surface area contributed by atoms with Crippen LogP contribution in [-0.2, 0) is 11.2 Å². The maximum Gasteiger partial charge on any atom is 0.412 e. The zero-order chi connectivity index (χ0) is 25.8. The van der Waals surface area contributed by atoms with Gasteiger partial charge in [-0.3, -0.25) is 5.32 Å². The third kappa shape index (κ3) is 5.53. The molecule has 36 heavy (non-hydrogen) atoms. The Balaban J connectivity index is 1.49. The number of carbonyl (C=O) groups excluding carboxylic acids is 1. The molecule has 0 saturated heterocycles. The van der Waals surface area contributed by atoms with Crippen molar-refractivity contribution in [1.82, 2.24) is 5.16 Å². The fourth-order valence-electron chi connectivity index (χ4n) is 3.75. The summed E-state index contributed by atoms with van der Waals surface area (Å²) in [6.45, 7) is 3.45. The monoisotopic (exact) mass is 524 g/mol. The molecule has 0 aliphatic rings. The molecule has 184 valence electrons. The van der Waals surface area contributed by atoms with Crippen molar-refractivity contribution in [3.05, 3.63) is 105 Å². The Hall–Kier alpha value is -3.81. The van der Waals surface area contributed by atoms with E-state index in [9.17, 15) is 14.7 Å². The Labute approximate surface area is 217 Å². The Morgan fingerprint density at radius 2 is 1.78 bits per heavy atom. The summed E-state index contributed by atoms with van der Waals surface area (Å²) in [5, 5.41) is 16.7. The lowest BCUT2D eigenvalue weighted by Crippen LogP contribution is -2.17. The summed E-state index contributed by atoms with van der Waals surface area (Å²) < 4.78 is 11.0. The number of halogens is 2. The highest BCUT2D eigenvalue weighted by Crippen LogP contribution is 2.33. The summed E-state index contributed by atoms with van der Waals surface area (Å²) in [5.41, 5.74) is 3.97. The molecule has 4 aromatic rings. The molecule has 0 bridgehead atoms. The first-order valence-corrected chi connectivity index (χ1v) is 11.8. The standard InChI is InChI=1S/C27H22Cl2N2O5/c1-15-24(30-27(34)35-16(2)20-7-3-4-9-22(20)28)25(36-31-15)18-12-10-17(11-13-18)14-19-6-5-8-21(23(19)29)26(32)33/h3-13,16H,14H2,1-2H3,(H,30,34)(H,32,33). The minimum absolute atomic E-state index is 0.0642. The third-order valence-electron chi connectivity index (χ3n) is 5.64. The number of benzene rings is 3. The van der Waals surface area contributed by atoms with Gasteiger partial charge in [0.2, 0.25) is 0 Å². The van der Waals surface area contributed by atoms with E-state index in [1.54, 1.807) is 44.2 Å². The van der Waals surface area contributed by atoms with Crippen LogP contribution in [0.1, 0.15) is 45.8 Å². The lowest BCUT2D eigenvalue weighted by Gasteiger charge is -2.15. The molecule has 1 heterocycles. The normalized spacial score (nSPS) is 11.7. The van der Waals surface area contributed by atoms with E-state index in [2.05, 4.69) is 10.5 Å². The van der Waals surface area contributed by atoms with Gasteiger partial charge in [0.15, 0.2) is 5.76 Å². The van der Waals surface area contributed by atoms with Crippen LogP contribution in [0, 0.1) is 6.92 Å². The summed E-state index contributed by atoms with van der Waals surface area (Å²) in [5.74, 6) is -0.690. The minimum atomic E-state index is -1.07. The number of hydrogen-bond acceptors (Lipinski definition) is 5. The number of ether oxygens (including phenoxy) is 1. The molecular weight excluding hydrogens is 503 g/mol. The molecule has 1 unspecified atom stereocenters. The quantitative estimate of drug-likeness (QED) is 0.258. The molecule has 7 nitrogen and oxygen atoms in total. The van der Waals surface area contributed by atoms with E-state index in [-0.39, 0.29) is 10.6 Å². The number of nitrogens with one attached hydrogen (secondary N) is 1. The third-order valence-corrected chi connectivity index (χ3v) is 6.43. The predicted octanol–water partition coefficient (Wildman–Crippen LogP) is 7.56. The average Bonchev–Trinajstić information content (AvgIpc) is 3.20. The van der Waals surface area contributed by atoms with Gasteiger partial charge in [-0.2, -0.15) is 0 Å². The Morgan fingerprint density at radius 1 is 1.06 bits per heavy atom. The molecule has 4 rings (SSSR count). The van der Waals surface area contributed by atoms with Crippen LogP contribution < -0.4 is 5.32 Å². The number of aryl methyl sites for hydroxylation is 1. The maximum absolute atomic E-state index is 12.6. The zero-order valence-corrected chi connectivity index (χ0v) is 20.9. The van der Waals surface area contributed by atoms with Gasteiger partial charge in [-0.15, -0.1) is 0 Å². The summed E-state index contributed by atoms with van der Waals surface area (Å²) in [4.78, 5) is 23.9. The summed E-state index contributed by atoms with van der Waals surface area (Å²) in [6, 6.07) is 19.5. The van der Waals surface area contributed by atoms with Gasteiger partial charge >= 0.3 is 12.1 Å². The number of carbonyl (C=O) groups is 2. The van der Waals surface area contributed by atoms with E-state index in [1.165, 1.54) is 6.07 Å². The molecule has 0 spiro atoms. The Kier molecular flexibility index (Phi) is 7.62. The van der Waals surface area contributed by atoms with Crippen LogP contribution >= 0.6 is 23.2 Å². The molecule has 0 radical (unpaired) electrons. The minimum Gasteiger partial charge on any atom is -0.478 e. The van der Waals surface area contributed by atoms with E-state index in [0.29, 0.717) is 45.3 Å². The molecule has 0 aliphatic heterocycles. The average molecular weight is 525 g/mol. The van der Waals surface area contributed by atoms with Gasteiger partial charge in [-0.1, -0.05) is 83.0 Å². The number of carboxylic acid groups (broad SMARTS) is 1. The highest BCUT2D eigenvalue weighted by Gasteiger charge is 2.21. The Bertz CT molecular complexity index is 1420. The zero-order valence-electron chi connectivity index (χ0n) is 19.4. The number of amides is 1. The predicted molar refractivity (Wildman–Crippen MR) is 138 cm³/mol. The number of aromatic carboxylic acids is 1. The number of hydrogen-bond donors (Lipinski definition) is 2. The van der Waals surface area contributed by atoms with Crippen molar-refractivity contribution in [2.24, 2.45) is 0 Å². The van der Waals surface area contributed by atoms with Crippen LogP contribution in [0.2, 0.25) is 10.0 Å². The van der Waals surface area contributed by atoms with E-state index < -0.39 is 18.2 Å². The second-order valence-corrected chi connectivity index (χ2v) is 8.91. The summed E-state index contributed by atoms with van der Waals surface area (Å²) in [7, 11) is 0. The molecular formula is C27H22Cl2N2O5. The fourth-order valence-corrected chi connectivity index (χ4v) is 4.31. The van der Waals surface area contributed by atoms with Crippen LogP contribution in [-0.4, -0.2) is 22.3 Å². The van der Waals surface area contributed by atoms with Crippen molar-refractivity contribution in [1.29, 1.82) is 0 Å². The van der Waals surface area contributed by atoms with Crippen LogP contribution in [0.5, 0.6) is 0 Å². The highest BCUT2D eigenvalue weighted by molar-refractivity contribution is 6.34. The van der Waals surface area contributed by atoms with Gasteiger partial charge < -0.3 is 14.4 Å². The first-order chi connectivity index (χ1) is 17.2. The van der Waals surface area contributed by atoms with Crippen LogP contribution in [0.25, 0.3) is 11.3 Å². The number of anilines is 1. The van der Waals surface area contributed by atoms with Crippen molar-refractivity contribution < 1.29 is 24.0 Å². The molecule has 9 heteroatoms. The van der Waals surface area contributed by atoms with Gasteiger partial charge in [-0.25, -0.2) is 9.59 Å². The number of nitrogens with zero attached hydrogens (tertiary/aromatic N) is 1. The van der Waals surface area contributed by atoms with Crippen molar-refractivity contribution >= 4 is 41.0 Å². The van der Waals surface area contributed by atoms with E-state index in [4.69, 9.17) is 32.5 Å². The summed E-state index contributed by atoms with van der Waals surface area (Å²) in [6.07, 6.45) is -0.778. The second-order valence-electron chi connectivity index (χ2n) is 8.12. The Morgan fingerprint density at radius 3 is 2.47 bits per heavy atom. The lowest BCUT2D eigenvalue weighted by molar-refractivity contribution is 0.0696. The lowest BCUT2D eigenvalue weighted by atomic mass is 10.0. The van der Waals surface area contributed by atoms with E-state index in [1.807, 2.05) is 30.3 Å². The van der Waals surface area contributed by atoms with Crippen molar-refractivity contribution in [2.75, 3.05) is 5.32 Å². The smallest absolute Gasteiger partial charge is 0.412 e. The van der Waals surface area contributed by atoms with E-state index >= 15 is 0 Å². The van der Waals surface area contributed by atoms with Gasteiger partial charge in [-0.05, 0) is 43.5 Å². The molecule has 1 amide bonds. The first-order valence-electron chi connectivity index (χ1n) is 11.0. The number of rotatable bonds is 7. The van der Waals surface area contributed by atoms with Crippen molar-refractivity contribution in [3.8, 4) is 11.3 Å². The van der Waals surface area contributed by atoms with Gasteiger partial charge in [0.05, 0.1) is 10.6 Å². The molecule has 0 fully saturated rings. The highest BCUT2D eigenvalue weighted by atomic mass is 35.5. The summed E-state index contributed by atoms with van der Waals surface area (Å²) >= 11 is 12.5. The van der Waals surface area contributed by atoms with E-state index in [0.717, 1.165) is 5.56 Å². The van der Waals surface area contributed by atoms with Crippen molar-refractivity contribution in [3.63, 3.8) is 0 Å². The van der Waals surface area contributed by atoms with Crippen molar-refractivity contribution in [2.45, 2.75) is 26.4 Å².